The first-order chi connectivity index (χ1) is 8.61. The van der Waals surface area contributed by atoms with E-state index in [0.29, 0.717) is 6.54 Å². The third-order valence-corrected chi connectivity index (χ3v) is 3.63. The SMILES string of the molecule is CC1CCN(c2cccc(Br)c2)C(=O)C(CO)N1. The van der Waals surface area contributed by atoms with Crippen molar-refractivity contribution in [3.05, 3.63) is 28.7 Å². The Balaban J connectivity index is 2.28. The Kier molecular flexibility index (Phi) is 4.37. The van der Waals surface area contributed by atoms with Crippen molar-refractivity contribution < 1.29 is 9.90 Å². The number of hydrogen-bond donors (Lipinski definition) is 2. The molecule has 2 unspecified atom stereocenters. The summed E-state index contributed by atoms with van der Waals surface area (Å²) in [4.78, 5) is 14.1. The van der Waals surface area contributed by atoms with E-state index in [1.165, 1.54) is 0 Å². The van der Waals surface area contributed by atoms with Gasteiger partial charge >= 0.3 is 0 Å². The number of amides is 1. The molecule has 0 aliphatic carbocycles. The summed E-state index contributed by atoms with van der Waals surface area (Å²) in [7, 11) is 0. The van der Waals surface area contributed by atoms with Crippen molar-refractivity contribution in [1.29, 1.82) is 0 Å². The van der Waals surface area contributed by atoms with E-state index in [1.54, 1.807) is 4.90 Å². The molecule has 2 atom stereocenters. The van der Waals surface area contributed by atoms with Gasteiger partial charge in [0.2, 0.25) is 5.91 Å². The van der Waals surface area contributed by atoms with E-state index in [9.17, 15) is 9.90 Å². The highest BCUT2D eigenvalue weighted by molar-refractivity contribution is 9.10. The Bertz CT molecular complexity index is 439. The van der Waals surface area contributed by atoms with Gasteiger partial charge in [0.05, 0.1) is 6.61 Å². The van der Waals surface area contributed by atoms with Crippen molar-refractivity contribution in [3.8, 4) is 0 Å². The van der Waals surface area contributed by atoms with E-state index in [2.05, 4.69) is 21.2 Å². The van der Waals surface area contributed by atoms with Crippen LogP contribution in [0.5, 0.6) is 0 Å². The minimum absolute atomic E-state index is 0.0695. The van der Waals surface area contributed by atoms with Crippen molar-refractivity contribution in [2.45, 2.75) is 25.4 Å². The van der Waals surface area contributed by atoms with Gasteiger partial charge in [-0.05, 0) is 31.5 Å². The van der Waals surface area contributed by atoms with Gasteiger partial charge in [0.25, 0.3) is 0 Å². The topological polar surface area (TPSA) is 52.6 Å². The van der Waals surface area contributed by atoms with Crippen LogP contribution in [0.3, 0.4) is 0 Å². The molecule has 1 aliphatic rings. The van der Waals surface area contributed by atoms with Crippen LogP contribution in [0.1, 0.15) is 13.3 Å². The monoisotopic (exact) mass is 312 g/mol. The number of anilines is 1. The quantitative estimate of drug-likeness (QED) is 0.870. The third-order valence-electron chi connectivity index (χ3n) is 3.14. The second-order valence-electron chi connectivity index (χ2n) is 4.56. The smallest absolute Gasteiger partial charge is 0.246 e. The fraction of sp³-hybridized carbons (Fsp3) is 0.462. The lowest BCUT2D eigenvalue weighted by Gasteiger charge is -2.23. The first kappa shape index (κ1) is 13.5. The average molecular weight is 313 g/mol. The maximum atomic E-state index is 12.3. The second-order valence-corrected chi connectivity index (χ2v) is 5.48. The highest BCUT2D eigenvalue weighted by Crippen LogP contribution is 2.22. The second kappa shape index (κ2) is 5.82. The summed E-state index contributed by atoms with van der Waals surface area (Å²) < 4.78 is 0.943. The summed E-state index contributed by atoms with van der Waals surface area (Å²) in [6.45, 7) is 2.52. The normalized spacial score (nSPS) is 25.1. The summed E-state index contributed by atoms with van der Waals surface area (Å²) in [5.41, 5.74) is 0.865. The molecule has 0 spiro atoms. The maximum Gasteiger partial charge on any atom is 0.246 e. The molecule has 1 fully saturated rings. The predicted octanol–water partition coefficient (Wildman–Crippen LogP) is 1.52. The Hall–Kier alpha value is -0.910. The Morgan fingerprint density at radius 3 is 3.00 bits per heavy atom. The van der Waals surface area contributed by atoms with E-state index in [1.807, 2.05) is 31.2 Å². The highest BCUT2D eigenvalue weighted by Gasteiger charge is 2.29. The molecular weight excluding hydrogens is 296 g/mol. The molecular formula is C13H17BrN2O2. The minimum atomic E-state index is -0.513. The molecule has 0 saturated carbocycles. The maximum absolute atomic E-state index is 12.3. The average Bonchev–Trinajstić information content (AvgIpc) is 2.49. The van der Waals surface area contributed by atoms with Crippen molar-refractivity contribution >= 4 is 27.5 Å². The van der Waals surface area contributed by atoms with E-state index in [4.69, 9.17) is 0 Å². The van der Waals surface area contributed by atoms with Gasteiger partial charge in [-0.2, -0.15) is 0 Å². The summed E-state index contributed by atoms with van der Waals surface area (Å²) >= 11 is 3.41. The molecule has 1 aromatic rings. The minimum Gasteiger partial charge on any atom is -0.394 e. The van der Waals surface area contributed by atoms with Gasteiger partial charge in [-0.1, -0.05) is 22.0 Å². The van der Waals surface area contributed by atoms with E-state index < -0.39 is 6.04 Å². The number of carbonyl (C=O) groups excluding carboxylic acids is 1. The molecule has 2 N–H and O–H groups in total. The third kappa shape index (κ3) is 2.91. The summed E-state index contributed by atoms with van der Waals surface area (Å²) in [6, 6.07) is 7.37. The van der Waals surface area contributed by atoms with Gasteiger partial charge in [-0.3, -0.25) is 4.79 Å². The van der Waals surface area contributed by atoms with Gasteiger partial charge in [-0.15, -0.1) is 0 Å². The summed E-state index contributed by atoms with van der Waals surface area (Å²) in [5.74, 6) is -0.0695. The fourth-order valence-electron chi connectivity index (χ4n) is 2.15. The van der Waals surface area contributed by atoms with Crippen LogP contribution in [0.2, 0.25) is 0 Å². The van der Waals surface area contributed by atoms with Gasteiger partial charge in [0.15, 0.2) is 0 Å². The summed E-state index contributed by atoms with van der Waals surface area (Å²) in [5, 5.41) is 12.4. The number of hydrogen-bond acceptors (Lipinski definition) is 3. The van der Waals surface area contributed by atoms with Crippen LogP contribution in [0.4, 0.5) is 5.69 Å². The zero-order valence-corrected chi connectivity index (χ0v) is 11.9. The number of aliphatic hydroxyl groups excluding tert-OH is 1. The molecule has 0 bridgehead atoms. The molecule has 0 aromatic heterocycles. The number of carbonyl (C=O) groups is 1. The number of nitrogens with zero attached hydrogens (tertiary/aromatic N) is 1. The van der Waals surface area contributed by atoms with Crippen LogP contribution in [-0.2, 0) is 4.79 Å². The van der Waals surface area contributed by atoms with E-state index in [0.717, 1.165) is 16.6 Å². The standard InChI is InChI=1S/C13H17BrN2O2/c1-9-5-6-16(13(18)12(8-17)15-9)11-4-2-3-10(14)7-11/h2-4,7,9,12,15,17H,5-6,8H2,1H3. The molecule has 0 radical (unpaired) electrons. The Labute approximate surface area is 115 Å². The molecule has 1 amide bonds. The molecule has 1 aromatic carbocycles. The number of aliphatic hydroxyl groups is 1. The van der Waals surface area contributed by atoms with E-state index >= 15 is 0 Å². The fourth-order valence-corrected chi connectivity index (χ4v) is 2.54. The van der Waals surface area contributed by atoms with Crippen molar-refractivity contribution in [1.82, 2.24) is 5.32 Å². The zero-order valence-electron chi connectivity index (χ0n) is 10.3. The number of rotatable bonds is 2. The molecule has 1 aliphatic heterocycles. The van der Waals surface area contributed by atoms with Crippen molar-refractivity contribution in [2.24, 2.45) is 0 Å². The van der Waals surface area contributed by atoms with Crippen molar-refractivity contribution in [3.63, 3.8) is 0 Å². The molecule has 5 heteroatoms. The van der Waals surface area contributed by atoms with Crippen LogP contribution in [-0.4, -0.2) is 36.2 Å². The van der Waals surface area contributed by atoms with Crippen LogP contribution >= 0.6 is 15.9 Å². The lowest BCUT2D eigenvalue weighted by molar-refractivity contribution is -0.121. The van der Waals surface area contributed by atoms with Gasteiger partial charge in [0, 0.05) is 22.7 Å². The van der Waals surface area contributed by atoms with Gasteiger partial charge < -0.3 is 15.3 Å². The van der Waals surface area contributed by atoms with Crippen molar-refractivity contribution in [2.75, 3.05) is 18.1 Å². The number of nitrogens with one attached hydrogen (secondary N) is 1. The first-order valence-electron chi connectivity index (χ1n) is 6.05. The van der Waals surface area contributed by atoms with Crippen LogP contribution < -0.4 is 10.2 Å². The molecule has 1 saturated heterocycles. The Morgan fingerprint density at radius 2 is 2.33 bits per heavy atom. The van der Waals surface area contributed by atoms with Crippen LogP contribution in [0, 0.1) is 0 Å². The highest BCUT2D eigenvalue weighted by atomic mass is 79.9. The molecule has 18 heavy (non-hydrogen) atoms. The van der Waals surface area contributed by atoms with Crippen LogP contribution in [0.25, 0.3) is 0 Å². The van der Waals surface area contributed by atoms with Crippen LogP contribution in [0.15, 0.2) is 28.7 Å². The van der Waals surface area contributed by atoms with Gasteiger partial charge in [0.1, 0.15) is 6.04 Å². The van der Waals surface area contributed by atoms with Gasteiger partial charge in [-0.25, -0.2) is 0 Å². The molecule has 4 nitrogen and oxygen atoms in total. The zero-order chi connectivity index (χ0) is 13.1. The lowest BCUT2D eigenvalue weighted by Crippen LogP contribution is -2.47. The first-order valence-corrected chi connectivity index (χ1v) is 6.85. The number of benzene rings is 1. The molecule has 98 valence electrons. The summed E-state index contributed by atoms with van der Waals surface area (Å²) in [6.07, 6.45) is 0.870. The largest absolute Gasteiger partial charge is 0.394 e. The molecule has 2 rings (SSSR count). The molecule has 1 heterocycles. The lowest BCUT2D eigenvalue weighted by atomic mass is 10.2. The number of halogens is 1. The Morgan fingerprint density at radius 1 is 1.56 bits per heavy atom. The predicted molar refractivity (Wildman–Crippen MR) is 74.6 cm³/mol. The van der Waals surface area contributed by atoms with E-state index in [-0.39, 0.29) is 18.6 Å².